The van der Waals surface area contributed by atoms with Crippen molar-refractivity contribution in [3.05, 3.63) is 71.7 Å². The minimum Gasteiger partial charge on any atom is -0.370 e. The highest BCUT2D eigenvalue weighted by molar-refractivity contribution is 6.07. The van der Waals surface area contributed by atoms with Crippen molar-refractivity contribution in [3.8, 4) is 6.07 Å². The molecule has 9 heteroatoms. The number of carbonyl (C=O) groups excluding carboxylic acids is 2. The maximum atomic E-state index is 14.4. The molecule has 2 aliphatic rings. The number of urea groups is 1. The van der Waals surface area contributed by atoms with Gasteiger partial charge in [0.15, 0.2) is 0 Å². The van der Waals surface area contributed by atoms with Crippen molar-refractivity contribution in [2.75, 3.05) is 58.3 Å². The van der Waals surface area contributed by atoms with Crippen LogP contribution in [-0.4, -0.2) is 85.0 Å². The summed E-state index contributed by atoms with van der Waals surface area (Å²) in [4.78, 5) is 37.7. The molecule has 0 saturated carbocycles. The fourth-order valence-electron chi connectivity index (χ4n) is 5.54. The van der Waals surface area contributed by atoms with Crippen LogP contribution in [0, 0.1) is 17.1 Å². The second-order valence-electron chi connectivity index (χ2n) is 10.2. The predicted octanol–water partition coefficient (Wildman–Crippen LogP) is 3.88. The van der Waals surface area contributed by atoms with Gasteiger partial charge in [-0.25, -0.2) is 9.18 Å². The minimum atomic E-state index is -0.606. The van der Waals surface area contributed by atoms with Gasteiger partial charge in [-0.2, -0.15) is 5.26 Å². The van der Waals surface area contributed by atoms with Gasteiger partial charge in [0.05, 0.1) is 28.3 Å². The van der Waals surface area contributed by atoms with Crippen molar-refractivity contribution in [1.82, 2.24) is 19.7 Å². The molecule has 8 nitrogen and oxygen atoms in total. The summed E-state index contributed by atoms with van der Waals surface area (Å²) in [5.74, 6) is -0.579. The van der Waals surface area contributed by atoms with Gasteiger partial charge in [-0.3, -0.25) is 9.78 Å². The highest BCUT2D eigenvalue weighted by Crippen LogP contribution is 2.39. The fourth-order valence-corrected chi connectivity index (χ4v) is 5.54. The molecule has 1 aromatic heterocycles. The standard InChI is InChI=1S/C29H31FN6O2/c1-33(2)28(38)36-16-14-35(15-17-36)27(37)24-19-32-25-9-8-22(30)18-23(25)26(24)34-12-10-29(20-31,11-13-34)21-6-4-3-5-7-21/h3-9,18-19H,10-17H2,1-2H3. The Morgan fingerprint density at radius 1 is 0.974 bits per heavy atom. The first kappa shape index (κ1) is 25.5. The Kier molecular flexibility index (Phi) is 6.89. The normalized spacial score (nSPS) is 17.3. The summed E-state index contributed by atoms with van der Waals surface area (Å²) in [6.45, 7) is 2.79. The lowest BCUT2D eigenvalue weighted by Crippen LogP contribution is -2.53. The molecule has 3 heterocycles. The summed E-state index contributed by atoms with van der Waals surface area (Å²) in [6, 6.07) is 16.7. The molecule has 0 spiro atoms. The fraction of sp³-hybridized carbons (Fsp3) is 0.379. The van der Waals surface area contributed by atoms with E-state index in [9.17, 15) is 19.2 Å². The first-order chi connectivity index (χ1) is 18.3. The third-order valence-electron chi connectivity index (χ3n) is 7.73. The molecule has 196 valence electrons. The van der Waals surface area contributed by atoms with Gasteiger partial charge in [-0.1, -0.05) is 30.3 Å². The number of benzene rings is 2. The number of anilines is 1. The Labute approximate surface area is 221 Å². The molecule has 2 aliphatic heterocycles. The van der Waals surface area contributed by atoms with Crippen LogP contribution in [0.1, 0.15) is 28.8 Å². The predicted molar refractivity (Wildman–Crippen MR) is 143 cm³/mol. The number of amides is 3. The molecule has 0 radical (unpaired) electrons. The van der Waals surface area contributed by atoms with Gasteiger partial charge in [0.1, 0.15) is 5.82 Å². The van der Waals surface area contributed by atoms with E-state index in [1.54, 1.807) is 36.2 Å². The van der Waals surface area contributed by atoms with E-state index in [0.29, 0.717) is 74.3 Å². The molecule has 38 heavy (non-hydrogen) atoms. The molecule has 0 atom stereocenters. The molecule has 0 aliphatic carbocycles. The van der Waals surface area contributed by atoms with Gasteiger partial charge >= 0.3 is 6.03 Å². The third-order valence-corrected chi connectivity index (χ3v) is 7.73. The SMILES string of the molecule is CN(C)C(=O)N1CCN(C(=O)c2cnc3ccc(F)cc3c2N2CCC(C#N)(c3ccccc3)CC2)CC1. The number of rotatable bonds is 3. The van der Waals surface area contributed by atoms with Crippen LogP contribution in [0.5, 0.6) is 0 Å². The molecule has 0 N–H and O–H groups in total. The number of nitrogens with zero attached hydrogens (tertiary/aromatic N) is 6. The van der Waals surface area contributed by atoms with E-state index in [2.05, 4.69) is 16.0 Å². The lowest BCUT2D eigenvalue weighted by Gasteiger charge is -2.40. The molecule has 2 fully saturated rings. The van der Waals surface area contributed by atoms with Gasteiger partial charge in [-0.05, 0) is 36.6 Å². The number of aromatic nitrogens is 1. The Balaban J connectivity index is 1.45. The first-order valence-corrected chi connectivity index (χ1v) is 12.9. The van der Waals surface area contributed by atoms with Gasteiger partial charge < -0.3 is 19.6 Å². The van der Waals surface area contributed by atoms with E-state index in [4.69, 9.17) is 0 Å². The van der Waals surface area contributed by atoms with E-state index >= 15 is 0 Å². The van der Waals surface area contributed by atoms with Crippen LogP contribution in [0.2, 0.25) is 0 Å². The number of nitriles is 1. The van der Waals surface area contributed by atoms with Crippen LogP contribution in [0.15, 0.2) is 54.7 Å². The van der Waals surface area contributed by atoms with Gasteiger partial charge in [0.2, 0.25) is 0 Å². The van der Waals surface area contributed by atoms with Gasteiger partial charge in [0.25, 0.3) is 5.91 Å². The highest BCUT2D eigenvalue weighted by Gasteiger charge is 2.38. The third kappa shape index (κ3) is 4.62. The molecule has 2 saturated heterocycles. The Bertz CT molecular complexity index is 1390. The molecular weight excluding hydrogens is 483 g/mol. The van der Waals surface area contributed by atoms with Crippen molar-refractivity contribution < 1.29 is 14.0 Å². The number of pyridine rings is 1. The second kappa shape index (κ2) is 10.3. The lowest BCUT2D eigenvalue weighted by atomic mass is 9.74. The van der Waals surface area contributed by atoms with E-state index in [1.807, 2.05) is 30.3 Å². The first-order valence-electron chi connectivity index (χ1n) is 12.9. The second-order valence-corrected chi connectivity index (χ2v) is 10.2. The van der Waals surface area contributed by atoms with Crippen molar-refractivity contribution in [3.63, 3.8) is 0 Å². The van der Waals surface area contributed by atoms with Crippen LogP contribution in [0.25, 0.3) is 10.9 Å². The summed E-state index contributed by atoms with van der Waals surface area (Å²) in [5, 5.41) is 10.7. The van der Waals surface area contributed by atoms with Crippen LogP contribution in [-0.2, 0) is 5.41 Å². The Morgan fingerprint density at radius 3 is 2.26 bits per heavy atom. The minimum absolute atomic E-state index is 0.0756. The van der Waals surface area contributed by atoms with Crippen molar-refractivity contribution >= 4 is 28.5 Å². The largest absolute Gasteiger partial charge is 0.370 e. The number of piperidine rings is 1. The molecule has 2 aromatic carbocycles. The van der Waals surface area contributed by atoms with Crippen LogP contribution in [0.3, 0.4) is 0 Å². The average molecular weight is 515 g/mol. The lowest BCUT2D eigenvalue weighted by molar-refractivity contribution is 0.0650. The molecular formula is C29H31FN6O2. The number of halogens is 1. The zero-order valence-electron chi connectivity index (χ0n) is 21.7. The number of fused-ring (bicyclic) bond motifs is 1. The van der Waals surface area contributed by atoms with E-state index in [1.165, 1.54) is 17.0 Å². The van der Waals surface area contributed by atoms with Gasteiger partial charge in [0, 0.05) is 64.9 Å². The van der Waals surface area contributed by atoms with Crippen LogP contribution in [0.4, 0.5) is 14.9 Å². The molecule has 0 bridgehead atoms. The average Bonchev–Trinajstić information content (AvgIpc) is 2.96. The summed E-state index contributed by atoms with van der Waals surface area (Å²) in [7, 11) is 3.42. The smallest absolute Gasteiger partial charge is 0.319 e. The van der Waals surface area contributed by atoms with E-state index < -0.39 is 11.2 Å². The Morgan fingerprint density at radius 2 is 1.63 bits per heavy atom. The summed E-state index contributed by atoms with van der Waals surface area (Å²) in [5.41, 5.74) is 2.07. The monoisotopic (exact) mass is 514 g/mol. The topological polar surface area (TPSA) is 83.8 Å². The number of carbonyl (C=O) groups is 2. The summed E-state index contributed by atoms with van der Waals surface area (Å²) in [6.07, 6.45) is 2.76. The Hall–Kier alpha value is -4.19. The van der Waals surface area contributed by atoms with Crippen LogP contribution < -0.4 is 4.90 Å². The van der Waals surface area contributed by atoms with Crippen molar-refractivity contribution in [2.45, 2.75) is 18.3 Å². The van der Waals surface area contributed by atoms with Crippen molar-refractivity contribution in [1.29, 1.82) is 5.26 Å². The van der Waals surface area contributed by atoms with Crippen molar-refractivity contribution in [2.24, 2.45) is 0 Å². The quantitative estimate of drug-likeness (QED) is 0.530. The number of piperazine rings is 1. The number of hydrogen-bond donors (Lipinski definition) is 0. The molecule has 5 rings (SSSR count). The number of hydrogen-bond acceptors (Lipinski definition) is 5. The summed E-state index contributed by atoms with van der Waals surface area (Å²) >= 11 is 0. The van der Waals surface area contributed by atoms with Gasteiger partial charge in [-0.15, -0.1) is 0 Å². The highest BCUT2D eigenvalue weighted by atomic mass is 19.1. The molecule has 3 aromatic rings. The zero-order valence-corrected chi connectivity index (χ0v) is 21.7. The van der Waals surface area contributed by atoms with E-state index in [-0.39, 0.29) is 11.9 Å². The zero-order chi connectivity index (χ0) is 26.9. The van der Waals surface area contributed by atoms with Crippen LogP contribution >= 0.6 is 0 Å². The maximum Gasteiger partial charge on any atom is 0.319 e. The maximum absolute atomic E-state index is 14.4. The molecule has 3 amide bonds. The van der Waals surface area contributed by atoms with E-state index in [0.717, 1.165) is 5.56 Å². The summed E-state index contributed by atoms with van der Waals surface area (Å²) < 4.78 is 14.4. The molecule has 0 unspecified atom stereocenters.